The summed E-state index contributed by atoms with van der Waals surface area (Å²) in [5.74, 6) is 0.215. The fraction of sp³-hybridized carbons (Fsp3) is 0.214. The van der Waals surface area contributed by atoms with Gasteiger partial charge < -0.3 is 10.4 Å². The summed E-state index contributed by atoms with van der Waals surface area (Å²) in [6.07, 6.45) is 0. The lowest BCUT2D eigenvalue weighted by Gasteiger charge is -2.08. The second-order valence-electron chi connectivity index (χ2n) is 4.11. The molecule has 0 saturated carbocycles. The molecule has 0 saturated heterocycles. The first-order valence-electron chi connectivity index (χ1n) is 5.76. The van der Waals surface area contributed by atoms with E-state index in [1.54, 1.807) is 18.2 Å². The molecule has 2 rings (SSSR count). The van der Waals surface area contributed by atoms with Crippen molar-refractivity contribution < 1.29 is 5.11 Å². The highest BCUT2D eigenvalue weighted by atomic mass is 35.5. The number of halogens is 1. The van der Waals surface area contributed by atoms with E-state index < -0.39 is 0 Å². The lowest BCUT2D eigenvalue weighted by atomic mass is 10.2. The molecule has 2 N–H and O–H groups in total. The zero-order valence-corrected chi connectivity index (χ0v) is 10.9. The third kappa shape index (κ3) is 3.22. The van der Waals surface area contributed by atoms with Gasteiger partial charge >= 0.3 is 0 Å². The van der Waals surface area contributed by atoms with Crippen LogP contribution < -0.4 is 5.32 Å². The van der Waals surface area contributed by atoms with E-state index in [1.165, 1.54) is 0 Å². The van der Waals surface area contributed by atoms with Crippen LogP contribution in [0.5, 0.6) is 5.75 Å². The van der Waals surface area contributed by atoms with Gasteiger partial charge in [-0.05, 0) is 31.2 Å². The molecule has 1 heterocycles. The lowest BCUT2D eigenvalue weighted by Crippen LogP contribution is -2.14. The maximum atomic E-state index is 9.69. The first kappa shape index (κ1) is 12.9. The van der Waals surface area contributed by atoms with Gasteiger partial charge in [-0.25, -0.2) is 0 Å². The van der Waals surface area contributed by atoms with Crippen LogP contribution in [0.4, 0.5) is 0 Å². The number of pyridine rings is 1. The maximum absolute atomic E-state index is 9.69. The number of phenolic OH excluding ortho intramolecular Hbond substituents is 1. The number of aromatic hydroxyl groups is 1. The molecule has 94 valence electrons. The van der Waals surface area contributed by atoms with Crippen LogP contribution in [0.2, 0.25) is 5.02 Å². The van der Waals surface area contributed by atoms with Crippen LogP contribution in [-0.2, 0) is 13.1 Å². The van der Waals surface area contributed by atoms with Gasteiger partial charge in [-0.1, -0.05) is 23.7 Å². The molecule has 0 fully saturated rings. The first-order chi connectivity index (χ1) is 8.66. The van der Waals surface area contributed by atoms with Crippen LogP contribution in [0.3, 0.4) is 0 Å². The van der Waals surface area contributed by atoms with Crippen molar-refractivity contribution in [1.82, 2.24) is 10.3 Å². The Balaban J connectivity index is 1.97. The van der Waals surface area contributed by atoms with Gasteiger partial charge in [-0.2, -0.15) is 0 Å². The number of nitrogens with one attached hydrogen (secondary N) is 1. The van der Waals surface area contributed by atoms with Crippen molar-refractivity contribution in [3.8, 4) is 5.75 Å². The van der Waals surface area contributed by atoms with Crippen molar-refractivity contribution >= 4 is 11.6 Å². The molecule has 1 aromatic carbocycles. The van der Waals surface area contributed by atoms with Gasteiger partial charge in [0.25, 0.3) is 0 Å². The molecule has 3 nitrogen and oxygen atoms in total. The van der Waals surface area contributed by atoms with Gasteiger partial charge in [-0.3, -0.25) is 4.98 Å². The van der Waals surface area contributed by atoms with E-state index >= 15 is 0 Å². The third-order valence-electron chi connectivity index (χ3n) is 2.65. The smallest absolute Gasteiger partial charge is 0.121 e. The average Bonchev–Trinajstić information content (AvgIpc) is 2.33. The van der Waals surface area contributed by atoms with Crippen molar-refractivity contribution in [2.24, 2.45) is 0 Å². The number of benzene rings is 1. The lowest BCUT2D eigenvalue weighted by molar-refractivity contribution is 0.464. The van der Waals surface area contributed by atoms with Crippen LogP contribution in [0, 0.1) is 6.92 Å². The van der Waals surface area contributed by atoms with Gasteiger partial charge in [0.15, 0.2) is 0 Å². The van der Waals surface area contributed by atoms with E-state index in [4.69, 9.17) is 11.6 Å². The summed E-state index contributed by atoms with van der Waals surface area (Å²) in [4.78, 5) is 4.39. The topological polar surface area (TPSA) is 45.1 Å². The Kier molecular flexibility index (Phi) is 4.18. The number of aryl methyl sites for hydroxylation is 1. The number of nitrogens with zero attached hydrogens (tertiary/aromatic N) is 1. The fourth-order valence-electron chi connectivity index (χ4n) is 1.74. The molecule has 2 aromatic rings. The van der Waals surface area contributed by atoms with Crippen molar-refractivity contribution in [2.75, 3.05) is 0 Å². The predicted octanol–water partition coefficient (Wildman–Crippen LogP) is 3.04. The highest BCUT2D eigenvalue weighted by molar-refractivity contribution is 6.31. The van der Waals surface area contributed by atoms with E-state index in [0.29, 0.717) is 23.7 Å². The van der Waals surface area contributed by atoms with E-state index in [0.717, 1.165) is 11.4 Å². The fourth-order valence-corrected chi connectivity index (χ4v) is 1.97. The van der Waals surface area contributed by atoms with Gasteiger partial charge in [0.1, 0.15) is 5.75 Å². The Hall–Kier alpha value is -1.58. The Morgan fingerprint density at radius 2 is 1.94 bits per heavy atom. The number of rotatable bonds is 4. The molecular weight excluding hydrogens is 248 g/mol. The Labute approximate surface area is 111 Å². The van der Waals surface area contributed by atoms with E-state index in [2.05, 4.69) is 10.3 Å². The normalized spacial score (nSPS) is 10.6. The summed E-state index contributed by atoms with van der Waals surface area (Å²) >= 11 is 6.02. The summed E-state index contributed by atoms with van der Waals surface area (Å²) in [6, 6.07) is 11.0. The van der Waals surface area contributed by atoms with Gasteiger partial charge in [0.05, 0.1) is 5.69 Å². The van der Waals surface area contributed by atoms with Crippen LogP contribution in [0.15, 0.2) is 36.4 Å². The zero-order chi connectivity index (χ0) is 13.0. The van der Waals surface area contributed by atoms with Crippen LogP contribution in [0.25, 0.3) is 0 Å². The number of hydrogen-bond donors (Lipinski definition) is 2. The molecule has 0 aliphatic heterocycles. The Morgan fingerprint density at radius 3 is 2.67 bits per heavy atom. The number of aromatic nitrogens is 1. The molecule has 0 unspecified atom stereocenters. The van der Waals surface area contributed by atoms with E-state index in [-0.39, 0.29) is 5.75 Å². The van der Waals surface area contributed by atoms with Crippen molar-refractivity contribution in [3.05, 3.63) is 58.4 Å². The van der Waals surface area contributed by atoms with Gasteiger partial charge in [-0.15, -0.1) is 0 Å². The number of hydrogen-bond acceptors (Lipinski definition) is 3. The van der Waals surface area contributed by atoms with Crippen LogP contribution in [0.1, 0.15) is 17.0 Å². The summed E-state index contributed by atoms with van der Waals surface area (Å²) in [6.45, 7) is 3.12. The molecule has 0 aliphatic rings. The minimum absolute atomic E-state index is 0.215. The van der Waals surface area contributed by atoms with Gasteiger partial charge in [0.2, 0.25) is 0 Å². The molecule has 0 bridgehead atoms. The summed E-state index contributed by atoms with van der Waals surface area (Å²) in [5.41, 5.74) is 2.68. The molecule has 0 amide bonds. The zero-order valence-electron chi connectivity index (χ0n) is 10.2. The Bertz CT molecular complexity index is 523. The highest BCUT2D eigenvalue weighted by Gasteiger charge is 2.05. The number of phenols is 1. The van der Waals surface area contributed by atoms with E-state index in [1.807, 2.05) is 25.1 Å². The molecule has 0 radical (unpaired) electrons. The first-order valence-corrected chi connectivity index (χ1v) is 6.14. The van der Waals surface area contributed by atoms with Gasteiger partial charge in [0, 0.05) is 29.4 Å². The quantitative estimate of drug-likeness (QED) is 0.890. The largest absolute Gasteiger partial charge is 0.508 e. The minimum atomic E-state index is 0.215. The third-order valence-corrected chi connectivity index (χ3v) is 3.00. The second-order valence-corrected chi connectivity index (χ2v) is 4.52. The molecule has 0 aliphatic carbocycles. The van der Waals surface area contributed by atoms with E-state index in [9.17, 15) is 5.11 Å². The van der Waals surface area contributed by atoms with Crippen molar-refractivity contribution in [3.63, 3.8) is 0 Å². The highest BCUT2D eigenvalue weighted by Crippen LogP contribution is 2.24. The molecular formula is C14H15ClN2O. The molecule has 0 atom stereocenters. The molecule has 1 aromatic heterocycles. The Morgan fingerprint density at radius 1 is 1.17 bits per heavy atom. The van der Waals surface area contributed by atoms with Crippen molar-refractivity contribution in [1.29, 1.82) is 0 Å². The minimum Gasteiger partial charge on any atom is -0.508 e. The molecule has 18 heavy (non-hydrogen) atoms. The summed E-state index contributed by atoms with van der Waals surface area (Å²) in [5, 5.41) is 13.5. The van der Waals surface area contributed by atoms with Crippen LogP contribution in [-0.4, -0.2) is 10.1 Å². The monoisotopic (exact) mass is 262 g/mol. The standard InChI is InChI=1S/C14H15ClN2O/c1-10-4-2-5-11(17-10)8-16-9-12-13(15)6-3-7-14(12)18/h2-7,16,18H,8-9H2,1H3. The molecule has 0 spiro atoms. The van der Waals surface area contributed by atoms with Crippen LogP contribution >= 0.6 is 11.6 Å². The summed E-state index contributed by atoms with van der Waals surface area (Å²) in [7, 11) is 0. The predicted molar refractivity (Wildman–Crippen MR) is 72.6 cm³/mol. The summed E-state index contributed by atoms with van der Waals surface area (Å²) < 4.78 is 0. The van der Waals surface area contributed by atoms with Crippen molar-refractivity contribution in [2.45, 2.75) is 20.0 Å². The maximum Gasteiger partial charge on any atom is 0.121 e. The molecule has 4 heteroatoms. The SMILES string of the molecule is Cc1cccc(CNCc2c(O)cccc2Cl)n1. The second kappa shape index (κ2) is 5.85. The average molecular weight is 263 g/mol.